The summed E-state index contributed by atoms with van der Waals surface area (Å²) in [5.74, 6) is 1.24. The van der Waals surface area contributed by atoms with E-state index in [1.807, 2.05) is 6.08 Å². The largest absolute Gasteiger partial charge is 0.393 e. The molecule has 0 aromatic carbocycles. The summed E-state index contributed by atoms with van der Waals surface area (Å²) in [6, 6.07) is 0. The summed E-state index contributed by atoms with van der Waals surface area (Å²) in [4.78, 5) is 36.3. The van der Waals surface area contributed by atoms with Gasteiger partial charge in [-0.25, -0.2) is 0 Å². The van der Waals surface area contributed by atoms with Crippen molar-refractivity contribution in [1.82, 2.24) is 0 Å². The lowest BCUT2D eigenvalue weighted by Crippen LogP contribution is -2.56. The van der Waals surface area contributed by atoms with Crippen molar-refractivity contribution in [2.45, 2.75) is 85.5 Å². The first-order valence-corrected chi connectivity index (χ1v) is 11.8. The van der Waals surface area contributed by atoms with Crippen molar-refractivity contribution in [2.24, 2.45) is 40.4 Å². The maximum absolute atomic E-state index is 13.4. The molecule has 0 N–H and O–H groups in total. The third-order valence-corrected chi connectivity index (χ3v) is 9.29. The fourth-order valence-electron chi connectivity index (χ4n) is 7.81. The summed E-state index contributed by atoms with van der Waals surface area (Å²) in [5.41, 5.74) is 0.285. The summed E-state index contributed by atoms with van der Waals surface area (Å²) in [5, 5.41) is 0. The van der Waals surface area contributed by atoms with E-state index in [9.17, 15) is 14.4 Å². The predicted octanol–water partition coefficient (Wildman–Crippen LogP) is 5.18. The van der Waals surface area contributed by atoms with E-state index in [2.05, 4.69) is 13.8 Å². The van der Waals surface area contributed by atoms with Gasteiger partial charge >= 0.3 is 11.9 Å². The molecule has 4 aliphatic rings. The Balaban J connectivity index is 1.61. The minimum absolute atomic E-state index is 0.00160. The van der Waals surface area contributed by atoms with Crippen LogP contribution in [0.5, 0.6) is 0 Å². The van der Waals surface area contributed by atoms with Crippen LogP contribution >= 0.6 is 0 Å². The van der Waals surface area contributed by atoms with E-state index in [0.717, 1.165) is 32.1 Å². The van der Waals surface area contributed by atoms with Crippen LogP contribution in [-0.2, 0) is 23.9 Å². The Hall–Kier alpha value is -1.65. The van der Waals surface area contributed by atoms with Crippen LogP contribution < -0.4 is 0 Å². The second-order valence-electron chi connectivity index (χ2n) is 10.8. The van der Waals surface area contributed by atoms with Crippen molar-refractivity contribution in [3.05, 3.63) is 12.0 Å². The van der Waals surface area contributed by atoms with E-state index in [1.165, 1.54) is 39.5 Å². The molecule has 4 rings (SSSR count). The Labute approximate surface area is 179 Å². The zero-order chi connectivity index (χ0) is 21.7. The van der Waals surface area contributed by atoms with E-state index < -0.39 is 11.9 Å². The second-order valence-corrected chi connectivity index (χ2v) is 10.8. The third kappa shape index (κ3) is 3.52. The number of carbonyl (C=O) groups is 3. The van der Waals surface area contributed by atoms with Gasteiger partial charge in [0.1, 0.15) is 5.78 Å². The Morgan fingerprint density at radius 1 is 0.900 bits per heavy atom. The highest BCUT2D eigenvalue weighted by Crippen LogP contribution is 2.66. The first-order chi connectivity index (χ1) is 14.1. The van der Waals surface area contributed by atoms with Crippen molar-refractivity contribution in [2.75, 3.05) is 0 Å². The van der Waals surface area contributed by atoms with Gasteiger partial charge in [0.15, 0.2) is 0 Å². The van der Waals surface area contributed by atoms with Crippen molar-refractivity contribution in [1.29, 1.82) is 0 Å². The van der Waals surface area contributed by atoms with Gasteiger partial charge in [-0.05, 0) is 73.0 Å². The molecule has 0 amide bonds. The smallest absolute Gasteiger partial charge is 0.310 e. The Morgan fingerprint density at radius 2 is 1.57 bits per heavy atom. The first kappa shape index (κ1) is 21.6. The number of hydrogen-bond donors (Lipinski definition) is 0. The van der Waals surface area contributed by atoms with Gasteiger partial charge in [0.05, 0.1) is 0 Å². The number of allylic oxidation sites excluding steroid dienone is 1. The monoisotopic (exact) mass is 416 g/mol. The molecule has 0 bridgehead atoms. The molecule has 4 saturated carbocycles. The van der Waals surface area contributed by atoms with Crippen molar-refractivity contribution in [3.8, 4) is 0 Å². The quantitative estimate of drug-likeness (QED) is 0.468. The number of ether oxygens (including phenoxy) is 2. The maximum Gasteiger partial charge on any atom is 0.310 e. The SMILES string of the molecule is CC(=O)OC(=C[C@H]1CC[C@H]2[C@@H]3C(=O)CC4CCCC[C@]4(C)[C@H]3CC[C@]12C)OC(C)=O. The van der Waals surface area contributed by atoms with Gasteiger partial charge in [-0.2, -0.15) is 0 Å². The molecule has 5 heteroatoms. The average molecular weight is 417 g/mol. The molecule has 4 fully saturated rings. The van der Waals surface area contributed by atoms with Crippen LogP contribution in [0.1, 0.15) is 85.5 Å². The molecule has 166 valence electrons. The standard InChI is InChI=1S/C25H36O5/c1-15(26)29-22(30-16(2)27)14-18-8-9-19-23-20(10-12-25(18,19)4)24(3)11-6-5-7-17(24)13-21(23)28/h14,17-20,23H,5-13H2,1-4H3/t17?,18-,19+,20+,23+,24+,25-/m1/s1. The molecule has 0 aromatic heterocycles. The molecule has 0 spiro atoms. The number of fused-ring (bicyclic) bond motifs is 5. The molecule has 0 heterocycles. The summed E-state index contributed by atoms with van der Waals surface area (Å²) in [7, 11) is 0. The van der Waals surface area contributed by atoms with Gasteiger partial charge in [0.2, 0.25) is 0 Å². The van der Waals surface area contributed by atoms with Crippen LogP contribution in [0.15, 0.2) is 12.0 Å². The zero-order valence-corrected chi connectivity index (χ0v) is 18.9. The molecule has 0 radical (unpaired) electrons. The molecule has 7 atom stereocenters. The van der Waals surface area contributed by atoms with Crippen LogP contribution in [-0.4, -0.2) is 17.7 Å². The normalized spacial score (nSPS) is 42.4. The molecule has 4 aliphatic carbocycles. The van der Waals surface area contributed by atoms with Crippen LogP contribution in [0.3, 0.4) is 0 Å². The van der Waals surface area contributed by atoms with E-state index in [4.69, 9.17) is 9.47 Å². The van der Waals surface area contributed by atoms with Crippen molar-refractivity contribution < 1.29 is 23.9 Å². The number of rotatable bonds is 3. The molecule has 0 saturated heterocycles. The lowest BCUT2D eigenvalue weighted by Gasteiger charge is -2.59. The van der Waals surface area contributed by atoms with E-state index in [1.54, 1.807) is 0 Å². The van der Waals surface area contributed by atoms with Crippen LogP contribution in [0.2, 0.25) is 0 Å². The molecule has 0 aromatic rings. The highest BCUT2D eigenvalue weighted by atomic mass is 16.7. The molecule has 30 heavy (non-hydrogen) atoms. The lowest BCUT2D eigenvalue weighted by molar-refractivity contribution is -0.155. The topological polar surface area (TPSA) is 69.7 Å². The minimum atomic E-state index is -0.496. The van der Waals surface area contributed by atoms with Gasteiger partial charge in [-0.3, -0.25) is 14.4 Å². The Kier molecular flexibility index (Phi) is 5.61. The summed E-state index contributed by atoms with van der Waals surface area (Å²) >= 11 is 0. The molecule has 0 aliphatic heterocycles. The van der Waals surface area contributed by atoms with Crippen molar-refractivity contribution >= 4 is 17.7 Å². The second kappa shape index (κ2) is 7.80. The average Bonchev–Trinajstić information content (AvgIpc) is 2.97. The van der Waals surface area contributed by atoms with Crippen LogP contribution in [0, 0.1) is 40.4 Å². The number of Topliss-reactive ketones (excluding diaryl/α,β-unsaturated/α-hetero) is 1. The summed E-state index contributed by atoms with van der Waals surface area (Å²) in [6.45, 7) is 7.38. The molecular weight excluding hydrogens is 380 g/mol. The first-order valence-electron chi connectivity index (χ1n) is 11.8. The minimum Gasteiger partial charge on any atom is -0.393 e. The number of esters is 2. The fourth-order valence-corrected chi connectivity index (χ4v) is 7.81. The van der Waals surface area contributed by atoms with Crippen LogP contribution in [0.25, 0.3) is 0 Å². The predicted molar refractivity (Wildman–Crippen MR) is 112 cm³/mol. The highest BCUT2D eigenvalue weighted by Gasteiger charge is 2.62. The lowest BCUT2D eigenvalue weighted by atomic mass is 9.44. The molecule has 1 unspecified atom stereocenters. The number of carbonyl (C=O) groups excluding carboxylic acids is 3. The highest BCUT2D eigenvalue weighted by molar-refractivity contribution is 5.83. The van der Waals surface area contributed by atoms with Crippen molar-refractivity contribution in [3.63, 3.8) is 0 Å². The fraction of sp³-hybridized carbons (Fsp3) is 0.800. The van der Waals surface area contributed by atoms with E-state index >= 15 is 0 Å². The van der Waals surface area contributed by atoms with Gasteiger partial charge in [0, 0.05) is 32.3 Å². The van der Waals surface area contributed by atoms with Gasteiger partial charge in [0.25, 0.3) is 5.95 Å². The molecular formula is C25H36O5. The van der Waals surface area contributed by atoms with E-state index in [-0.39, 0.29) is 23.2 Å². The Bertz CT molecular complexity index is 752. The van der Waals surface area contributed by atoms with E-state index in [0.29, 0.717) is 29.0 Å². The zero-order valence-electron chi connectivity index (χ0n) is 18.9. The number of ketones is 1. The summed E-state index contributed by atoms with van der Waals surface area (Å²) < 4.78 is 10.3. The third-order valence-electron chi connectivity index (χ3n) is 9.29. The van der Waals surface area contributed by atoms with Gasteiger partial charge in [-0.15, -0.1) is 0 Å². The Morgan fingerprint density at radius 3 is 2.23 bits per heavy atom. The maximum atomic E-state index is 13.4. The number of hydrogen-bond acceptors (Lipinski definition) is 5. The van der Waals surface area contributed by atoms with Gasteiger partial charge in [-0.1, -0.05) is 26.7 Å². The van der Waals surface area contributed by atoms with Gasteiger partial charge < -0.3 is 9.47 Å². The summed E-state index contributed by atoms with van der Waals surface area (Å²) in [6.07, 6.45) is 11.8. The molecule has 5 nitrogen and oxygen atoms in total. The van der Waals surface area contributed by atoms with Crippen LogP contribution in [0.4, 0.5) is 0 Å².